The predicted molar refractivity (Wildman–Crippen MR) is 109 cm³/mol. The Balaban J connectivity index is 1.60. The summed E-state index contributed by atoms with van der Waals surface area (Å²) in [5.41, 5.74) is 4.99. The average molecular weight is 384 g/mol. The van der Waals surface area contributed by atoms with E-state index < -0.39 is 0 Å². The van der Waals surface area contributed by atoms with Gasteiger partial charge in [-0.25, -0.2) is 15.0 Å². The van der Waals surface area contributed by atoms with Gasteiger partial charge in [0.2, 0.25) is 12.0 Å². The smallest absolute Gasteiger partial charge is 0.224 e. The van der Waals surface area contributed by atoms with Crippen LogP contribution in [-0.2, 0) is 22.5 Å². The minimum atomic E-state index is -0.379. The van der Waals surface area contributed by atoms with E-state index >= 15 is 0 Å². The van der Waals surface area contributed by atoms with Gasteiger partial charge in [-0.05, 0) is 46.6 Å². The lowest BCUT2D eigenvalue weighted by Gasteiger charge is -2.33. The van der Waals surface area contributed by atoms with Crippen molar-refractivity contribution in [2.45, 2.75) is 71.9 Å². The van der Waals surface area contributed by atoms with Crippen LogP contribution >= 0.6 is 0 Å². The van der Waals surface area contributed by atoms with Gasteiger partial charge in [0.1, 0.15) is 12.1 Å². The molecule has 4 rings (SSSR count). The first-order chi connectivity index (χ1) is 13.4. The number of fused-ring (bicyclic) bond motifs is 5. The van der Waals surface area contributed by atoms with Gasteiger partial charge < -0.3 is 14.2 Å². The summed E-state index contributed by atoms with van der Waals surface area (Å²) in [6.07, 6.45) is 3.08. The Hall–Kier alpha value is -2.12. The zero-order valence-corrected chi connectivity index (χ0v) is 17.3. The largest absolute Gasteiger partial charge is 0.459 e. The summed E-state index contributed by atoms with van der Waals surface area (Å²) in [4.78, 5) is 18.3. The highest BCUT2D eigenvalue weighted by Crippen LogP contribution is 2.39. The minimum Gasteiger partial charge on any atom is -0.459 e. The van der Waals surface area contributed by atoms with Crippen molar-refractivity contribution in [2.75, 3.05) is 13.2 Å². The van der Waals surface area contributed by atoms with E-state index in [2.05, 4.69) is 33.8 Å². The molecule has 0 aliphatic carbocycles. The van der Waals surface area contributed by atoms with Crippen LogP contribution in [0.2, 0.25) is 0 Å². The fourth-order valence-corrected chi connectivity index (χ4v) is 3.78. The normalized spacial score (nSPS) is 23.3. The minimum absolute atomic E-state index is 0.219. The highest BCUT2D eigenvalue weighted by atomic mass is 16.5. The van der Waals surface area contributed by atoms with Crippen molar-refractivity contribution in [2.24, 2.45) is 15.0 Å². The van der Waals surface area contributed by atoms with Gasteiger partial charge in [0, 0.05) is 30.8 Å². The molecule has 7 heteroatoms. The molecule has 0 radical (unpaired) electrons. The van der Waals surface area contributed by atoms with Crippen LogP contribution in [0.1, 0.15) is 56.5 Å². The molecule has 4 heterocycles. The Labute approximate surface area is 165 Å². The summed E-state index contributed by atoms with van der Waals surface area (Å²) in [6.45, 7) is 12.2. The van der Waals surface area contributed by atoms with Gasteiger partial charge in [-0.2, -0.15) is 0 Å². The molecular weight excluding hydrogens is 356 g/mol. The third-order valence-corrected chi connectivity index (χ3v) is 5.18. The molecule has 1 aromatic rings. The molecule has 0 fully saturated rings. The molecule has 0 amide bonds. The second-order valence-electron chi connectivity index (χ2n) is 8.33. The molecule has 7 nitrogen and oxygen atoms in total. The first-order valence-corrected chi connectivity index (χ1v) is 9.95. The number of hydrogen-bond acceptors (Lipinski definition) is 6. The lowest BCUT2D eigenvalue weighted by Crippen LogP contribution is -2.35. The zero-order chi connectivity index (χ0) is 19.9. The van der Waals surface area contributed by atoms with Crippen LogP contribution in [0, 0.1) is 6.92 Å². The van der Waals surface area contributed by atoms with Crippen LogP contribution in [0.4, 0.5) is 0 Å². The first-order valence-electron chi connectivity index (χ1n) is 9.95. The number of nitrogens with zero attached hydrogens (tertiary/aromatic N) is 4. The van der Waals surface area contributed by atoms with E-state index in [9.17, 15) is 0 Å². The second kappa shape index (κ2) is 7.37. The monoisotopic (exact) mass is 384 g/mol. The van der Waals surface area contributed by atoms with Crippen molar-refractivity contribution >= 4 is 17.9 Å². The van der Waals surface area contributed by atoms with Crippen molar-refractivity contribution < 1.29 is 14.2 Å². The van der Waals surface area contributed by atoms with Crippen LogP contribution in [-0.4, -0.2) is 53.8 Å². The van der Waals surface area contributed by atoms with Gasteiger partial charge in [0.05, 0.1) is 23.9 Å². The van der Waals surface area contributed by atoms with E-state index in [4.69, 9.17) is 14.2 Å². The Kier molecular flexibility index (Phi) is 5.05. The zero-order valence-electron chi connectivity index (χ0n) is 17.3. The number of ether oxygens (including phenoxy) is 3. The van der Waals surface area contributed by atoms with E-state index in [1.54, 1.807) is 6.34 Å². The number of hydrogen-bond donors (Lipinski definition) is 0. The number of aliphatic imine (C=N–C) groups is 3. The average Bonchev–Trinajstić information content (AvgIpc) is 2.99. The summed E-state index contributed by atoms with van der Waals surface area (Å²) in [7, 11) is 0. The Bertz CT molecular complexity index is 871. The molecule has 0 N–H and O–H groups in total. The molecule has 0 spiro atoms. The van der Waals surface area contributed by atoms with Crippen LogP contribution in [0.5, 0.6) is 5.88 Å². The molecule has 1 aromatic heterocycles. The quantitative estimate of drug-likeness (QED) is 0.731. The summed E-state index contributed by atoms with van der Waals surface area (Å²) < 4.78 is 17.8. The van der Waals surface area contributed by atoms with Gasteiger partial charge in [0.25, 0.3) is 0 Å². The van der Waals surface area contributed by atoms with Crippen molar-refractivity contribution in [3.05, 3.63) is 22.4 Å². The SMILES string of the molecule is Cc1nc2c(c3c1COC(C)(C)C3)C1=NC=NC(=NCCCOC(C)C)C1O2. The van der Waals surface area contributed by atoms with Crippen molar-refractivity contribution in [3.63, 3.8) is 0 Å². The fourth-order valence-electron chi connectivity index (χ4n) is 3.78. The predicted octanol–water partition coefficient (Wildman–Crippen LogP) is 3.05. The van der Waals surface area contributed by atoms with E-state index in [0.717, 1.165) is 35.4 Å². The molecule has 0 saturated carbocycles. The molecule has 1 atom stereocenters. The fraction of sp³-hybridized carbons (Fsp3) is 0.619. The van der Waals surface area contributed by atoms with Gasteiger partial charge in [-0.15, -0.1) is 0 Å². The van der Waals surface area contributed by atoms with Gasteiger partial charge in [0.15, 0.2) is 5.84 Å². The highest BCUT2D eigenvalue weighted by Gasteiger charge is 2.42. The van der Waals surface area contributed by atoms with Crippen LogP contribution in [0.15, 0.2) is 15.0 Å². The summed E-state index contributed by atoms with van der Waals surface area (Å²) in [5, 5.41) is 0. The Morgan fingerprint density at radius 3 is 2.93 bits per heavy atom. The van der Waals surface area contributed by atoms with Crippen LogP contribution in [0.25, 0.3) is 0 Å². The Morgan fingerprint density at radius 1 is 1.32 bits per heavy atom. The number of rotatable bonds is 5. The molecule has 0 bridgehead atoms. The molecule has 0 aromatic carbocycles. The molecule has 3 aliphatic rings. The van der Waals surface area contributed by atoms with Crippen LogP contribution < -0.4 is 4.74 Å². The summed E-state index contributed by atoms with van der Waals surface area (Å²) in [6, 6.07) is 0. The van der Waals surface area contributed by atoms with Crippen LogP contribution in [0.3, 0.4) is 0 Å². The number of amidine groups is 1. The first kappa shape index (κ1) is 19.2. The van der Waals surface area contributed by atoms with Gasteiger partial charge >= 0.3 is 0 Å². The van der Waals surface area contributed by atoms with Crippen molar-refractivity contribution in [3.8, 4) is 5.88 Å². The molecule has 3 aliphatic heterocycles. The summed E-state index contributed by atoms with van der Waals surface area (Å²) >= 11 is 0. The lowest BCUT2D eigenvalue weighted by atomic mass is 9.86. The Morgan fingerprint density at radius 2 is 2.14 bits per heavy atom. The summed E-state index contributed by atoms with van der Waals surface area (Å²) in [5.74, 6) is 1.30. The molecule has 0 saturated heterocycles. The van der Waals surface area contributed by atoms with E-state index in [0.29, 0.717) is 31.5 Å². The van der Waals surface area contributed by atoms with Crippen molar-refractivity contribution in [1.82, 2.24) is 4.98 Å². The molecule has 1 unspecified atom stereocenters. The van der Waals surface area contributed by atoms with E-state index in [1.165, 1.54) is 5.56 Å². The maximum absolute atomic E-state index is 6.18. The maximum atomic E-state index is 6.18. The third-order valence-electron chi connectivity index (χ3n) is 5.18. The topological polar surface area (TPSA) is 77.7 Å². The number of aryl methyl sites for hydroxylation is 1. The molecular formula is C21H28N4O3. The second-order valence-corrected chi connectivity index (χ2v) is 8.33. The third kappa shape index (κ3) is 3.61. The van der Waals surface area contributed by atoms with E-state index in [1.807, 2.05) is 20.8 Å². The lowest BCUT2D eigenvalue weighted by molar-refractivity contribution is -0.0406. The standard InChI is InChI=1S/C21H28N4O3/c1-12(2)26-8-6-7-22-19-18-17(23-11-24-19)16-14-9-21(4,5)27-10-15(14)13(3)25-20(16)28-18/h11-12,18H,6-10H2,1-5H3. The van der Waals surface area contributed by atoms with Crippen molar-refractivity contribution in [1.29, 1.82) is 0 Å². The van der Waals surface area contributed by atoms with Gasteiger partial charge in [-0.1, -0.05) is 0 Å². The number of pyridine rings is 1. The van der Waals surface area contributed by atoms with E-state index in [-0.39, 0.29) is 17.8 Å². The maximum Gasteiger partial charge on any atom is 0.224 e. The number of aromatic nitrogens is 1. The highest BCUT2D eigenvalue weighted by molar-refractivity contribution is 6.25. The molecule has 28 heavy (non-hydrogen) atoms. The van der Waals surface area contributed by atoms with Gasteiger partial charge in [-0.3, -0.25) is 4.99 Å². The molecule has 150 valence electrons.